The summed E-state index contributed by atoms with van der Waals surface area (Å²) in [6, 6.07) is 3.97. The first-order valence-corrected chi connectivity index (χ1v) is 7.30. The zero-order valence-electron chi connectivity index (χ0n) is 11.1. The molecule has 0 atom stereocenters. The molecule has 0 aromatic carbocycles. The van der Waals surface area contributed by atoms with E-state index in [9.17, 15) is 4.79 Å². The van der Waals surface area contributed by atoms with E-state index in [0.29, 0.717) is 12.2 Å². The van der Waals surface area contributed by atoms with Gasteiger partial charge < -0.3 is 11.1 Å². The van der Waals surface area contributed by atoms with Crippen molar-refractivity contribution < 1.29 is 4.79 Å². The maximum Gasteiger partial charge on any atom is 0.271 e. The van der Waals surface area contributed by atoms with Gasteiger partial charge in [0.15, 0.2) is 0 Å². The average molecular weight is 354 g/mol. The molecule has 0 spiro atoms. The zero-order chi connectivity index (χ0) is 13.2. The molecule has 0 bridgehead atoms. The summed E-state index contributed by atoms with van der Waals surface area (Å²) >= 11 is 3.09. The lowest BCUT2D eigenvalue weighted by atomic mass is 10.1. The number of thiazole rings is 1. The summed E-state index contributed by atoms with van der Waals surface area (Å²) in [7, 11) is 0. The molecule has 3 N–H and O–H groups in total. The van der Waals surface area contributed by atoms with E-state index in [1.54, 1.807) is 16.7 Å². The van der Waals surface area contributed by atoms with E-state index in [4.69, 9.17) is 5.73 Å². The third-order valence-corrected chi connectivity index (χ3v) is 4.31. The fourth-order valence-corrected chi connectivity index (χ4v) is 2.93. The number of nitrogens with zero attached hydrogens (tertiary/aromatic N) is 1. The van der Waals surface area contributed by atoms with Crippen molar-refractivity contribution in [3.63, 3.8) is 0 Å². The molecule has 0 fully saturated rings. The van der Waals surface area contributed by atoms with Gasteiger partial charge in [0.25, 0.3) is 5.91 Å². The molecule has 0 unspecified atom stereocenters. The number of carbonyl (C=O) groups is 1. The van der Waals surface area contributed by atoms with E-state index in [2.05, 4.69) is 10.3 Å². The third-order valence-electron chi connectivity index (χ3n) is 2.43. The second-order valence-electron chi connectivity index (χ2n) is 4.56. The number of hydrogen-bond acceptors (Lipinski definition) is 5. The number of hydrogen-bond donors (Lipinski definition) is 2. The Bertz CT molecular complexity index is 541. The average Bonchev–Trinajstić information content (AvgIpc) is 2.99. The standard InChI is InChI=1S/C12H15N3OS2.2ClH/c1-12(2,7-13)15-10(16)8-6-18-11(14-8)9-4-3-5-17-9;;/h3-6H,7,13H2,1-2H3,(H,15,16);2*1H. The molecule has 2 heterocycles. The van der Waals surface area contributed by atoms with Crippen LogP contribution in [0, 0.1) is 0 Å². The predicted octanol–water partition coefficient (Wildman–Crippen LogP) is 3.18. The Morgan fingerprint density at radius 2 is 2.10 bits per heavy atom. The summed E-state index contributed by atoms with van der Waals surface area (Å²) in [5.74, 6) is -0.176. The highest BCUT2D eigenvalue weighted by molar-refractivity contribution is 7.20. The van der Waals surface area contributed by atoms with Crippen molar-refractivity contribution in [3.05, 3.63) is 28.6 Å². The van der Waals surface area contributed by atoms with E-state index in [1.165, 1.54) is 11.3 Å². The first-order chi connectivity index (χ1) is 8.52. The topological polar surface area (TPSA) is 68.0 Å². The number of rotatable bonds is 4. The van der Waals surface area contributed by atoms with Gasteiger partial charge in [-0.3, -0.25) is 4.79 Å². The minimum absolute atomic E-state index is 0. The monoisotopic (exact) mass is 353 g/mol. The van der Waals surface area contributed by atoms with Gasteiger partial charge in [-0.05, 0) is 25.3 Å². The summed E-state index contributed by atoms with van der Waals surface area (Å²) in [5, 5.41) is 7.51. The van der Waals surface area contributed by atoms with Gasteiger partial charge in [-0.15, -0.1) is 47.5 Å². The third kappa shape index (κ3) is 4.71. The Morgan fingerprint density at radius 1 is 1.40 bits per heavy atom. The summed E-state index contributed by atoms with van der Waals surface area (Å²) < 4.78 is 0. The number of thiophene rings is 1. The summed E-state index contributed by atoms with van der Waals surface area (Å²) in [5.41, 5.74) is 5.62. The van der Waals surface area contributed by atoms with Crippen LogP contribution in [0.4, 0.5) is 0 Å². The smallest absolute Gasteiger partial charge is 0.271 e. The molecule has 112 valence electrons. The molecule has 0 radical (unpaired) electrons. The molecular formula is C12H17Cl2N3OS2. The van der Waals surface area contributed by atoms with Gasteiger partial charge in [0, 0.05) is 17.5 Å². The van der Waals surface area contributed by atoms with Gasteiger partial charge in [0.2, 0.25) is 0 Å². The minimum atomic E-state index is -0.413. The summed E-state index contributed by atoms with van der Waals surface area (Å²) in [4.78, 5) is 17.4. The van der Waals surface area contributed by atoms with Crippen LogP contribution in [0.2, 0.25) is 0 Å². The van der Waals surface area contributed by atoms with Crippen LogP contribution >= 0.6 is 47.5 Å². The highest BCUT2D eigenvalue weighted by Crippen LogP contribution is 2.27. The highest BCUT2D eigenvalue weighted by atomic mass is 35.5. The van der Waals surface area contributed by atoms with Gasteiger partial charge in [-0.1, -0.05) is 6.07 Å². The number of nitrogens with one attached hydrogen (secondary N) is 1. The molecular weight excluding hydrogens is 337 g/mol. The number of amides is 1. The molecule has 4 nitrogen and oxygen atoms in total. The van der Waals surface area contributed by atoms with Crippen LogP contribution in [0.1, 0.15) is 24.3 Å². The van der Waals surface area contributed by atoms with Crippen LogP contribution < -0.4 is 11.1 Å². The predicted molar refractivity (Wildman–Crippen MR) is 90.5 cm³/mol. The van der Waals surface area contributed by atoms with E-state index >= 15 is 0 Å². The molecule has 0 aliphatic carbocycles. The van der Waals surface area contributed by atoms with Crippen LogP contribution in [-0.2, 0) is 0 Å². The fraction of sp³-hybridized carbons (Fsp3) is 0.333. The molecule has 0 saturated heterocycles. The van der Waals surface area contributed by atoms with Crippen LogP contribution in [0.25, 0.3) is 9.88 Å². The van der Waals surface area contributed by atoms with Crippen molar-refractivity contribution in [2.75, 3.05) is 6.54 Å². The first-order valence-electron chi connectivity index (χ1n) is 5.54. The Labute approximate surface area is 138 Å². The molecule has 0 aliphatic heterocycles. The largest absolute Gasteiger partial charge is 0.345 e. The van der Waals surface area contributed by atoms with Gasteiger partial charge in [-0.25, -0.2) is 4.98 Å². The zero-order valence-corrected chi connectivity index (χ0v) is 14.3. The second kappa shape index (κ2) is 7.95. The summed E-state index contributed by atoms with van der Waals surface area (Å²) in [6.45, 7) is 4.16. The Kier molecular flexibility index (Phi) is 7.69. The van der Waals surface area contributed by atoms with Gasteiger partial charge >= 0.3 is 0 Å². The summed E-state index contributed by atoms with van der Waals surface area (Å²) in [6.07, 6.45) is 0. The van der Waals surface area contributed by atoms with Crippen LogP contribution in [0.15, 0.2) is 22.9 Å². The van der Waals surface area contributed by atoms with Crippen molar-refractivity contribution in [2.24, 2.45) is 5.73 Å². The number of carbonyl (C=O) groups excluding carboxylic acids is 1. The molecule has 8 heteroatoms. The molecule has 2 rings (SSSR count). The van der Waals surface area contributed by atoms with E-state index in [1.807, 2.05) is 31.4 Å². The van der Waals surface area contributed by atoms with E-state index in [0.717, 1.165) is 9.88 Å². The molecule has 1 amide bonds. The fourth-order valence-electron chi connectivity index (χ4n) is 1.31. The van der Waals surface area contributed by atoms with Crippen LogP contribution in [0.3, 0.4) is 0 Å². The first kappa shape index (κ1) is 19.3. The number of halogens is 2. The SMILES string of the molecule is CC(C)(CN)NC(=O)c1csc(-c2cccs2)n1.Cl.Cl. The molecule has 20 heavy (non-hydrogen) atoms. The molecule has 2 aromatic heterocycles. The Morgan fingerprint density at radius 3 is 2.65 bits per heavy atom. The quantitative estimate of drug-likeness (QED) is 0.886. The lowest BCUT2D eigenvalue weighted by Crippen LogP contribution is -2.48. The highest BCUT2D eigenvalue weighted by Gasteiger charge is 2.21. The lowest BCUT2D eigenvalue weighted by Gasteiger charge is -2.23. The number of aromatic nitrogens is 1. The normalized spacial score (nSPS) is 10.3. The lowest BCUT2D eigenvalue weighted by molar-refractivity contribution is 0.0911. The maximum atomic E-state index is 12.0. The van der Waals surface area contributed by atoms with E-state index < -0.39 is 5.54 Å². The molecule has 0 aliphatic rings. The van der Waals surface area contributed by atoms with Crippen LogP contribution in [-0.4, -0.2) is 23.0 Å². The van der Waals surface area contributed by atoms with Crippen molar-refractivity contribution in [3.8, 4) is 9.88 Å². The van der Waals surface area contributed by atoms with Crippen LogP contribution in [0.5, 0.6) is 0 Å². The molecule has 2 aromatic rings. The van der Waals surface area contributed by atoms with Crippen molar-refractivity contribution >= 4 is 53.4 Å². The van der Waals surface area contributed by atoms with Gasteiger partial charge in [-0.2, -0.15) is 0 Å². The Hall–Kier alpha value is -0.660. The van der Waals surface area contributed by atoms with Crippen molar-refractivity contribution in [1.29, 1.82) is 0 Å². The number of nitrogens with two attached hydrogens (primary N) is 1. The van der Waals surface area contributed by atoms with Crippen molar-refractivity contribution in [2.45, 2.75) is 19.4 Å². The van der Waals surface area contributed by atoms with Gasteiger partial charge in [0.05, 0.1) is 4.88 Å². The van der Waals surface area contributed by atoms with Crippen molar-refractivity contribution in [1.82, 2.24) is 10.3 Å². The second-order valence-corrected chi connectivity index (χ2v) is 6.36. The maximum absolute atomic E-state index is 12.0. The minimum Gasteiger partial charge on any atom is -0.345 e. The molecule has 0 saturated carbocycles. The Balaban J connectivity index is 0.00000180. The van der Waals surface area contributed by atoms with Gasteiger partial charge in [0.1, 0.15) is 10.7 Å². The van der Waals surface area contributed by atoms with E-state index in [-0.39, 0.29) is 30.7 Å².